The number of piperazine rings is 1. The number of methoxy groups -OCH3 is 1. The molecule has 158 valence electrons. The number of carbonyl (C=O) groups is 3. The van der Waals surface area contributed by atoms with Crippen LogP contribution in [0.15, 0.2) is 24.3 Å². The third kappa shape index (κ3) is 5.19. The van der Waals surface area contributed by atoms with E-state index in [0.29, 0.717) is 45.2 Å². The molecule has 2 heterocycles. The SMILES string of the molecule is COc1ccccc1N1CCN(C(=O)CCC2(CCC(=O)O)CCC(=O)N2)CC1. The third-order valence-corrected chi connectivity index (χ3v) is 5.93. The van der Waals surface area contributed by atoms with E-state index in [4.69, 9.17) is 9.84 Å². The molecule has 1 aromatic rings. The first kappa shape index (κ1) is 21.0. The molecule has 2 fully saturated rings. The highest BCUT2D eigenvalue weighted by molar-refractivity contribution is 5.80. The minimum Gasteiger partial charge on any atom is -0.495 e. The van der Waals surface area contributed by atoms with Crippen molar-refractivity contribution in [2.24, 2.45) is 0 Å². The average molecular weight is 403 g/mol. The Bertz CT molecular complexity index is 760. The Morgan fingerprint density at radius 3 is 2.45 bits per heavy atom. The molecule has 29 heavy (non-hydrogen) atoms. The summed E-state index contributed by atoms with van der Waals surface area (Å²) in [6.45, 7) is 2.72. The van der Waals surface area contributed by atoms with Crippen molar-refractivity contribution >= 4 is 23.5 Å². The summed E-state index contributed by atoms with van der Waals surface area (Å²) >= 11 is 0. The molecule has 0 radical (unpaired) electrons. The van der Waals surface area contributed by atoms with Crippen molar-refractivity contribution in [1.29, 1.82) is 0 Å². The van der Waals surface area contributed by atoms with Gasteiger partial charge in [-0.3, -0.25) is 14.4 Å². The standard InChI is InChI=1S/C21H29N3O5/c1-29-17-5-3-2-4-16(17)23-12-14-24(15-13-23)19(26)7-10-21(11-8-20(27)28)9-6-18(25)22-21/h2-5H,6-15H2,1H3,(H,22,25)(H,27,28). The molecule has 3 rings (SSSR count). The summed E-state index contributed by atoms with van der Waals surface area (Å²) in [4.78, 5) is 39.5. The first-order valence-electron chi connectivity index (χ1n) is 10.1. The van der Waals surface area contributed by atoms with E-state index in [1.165, 1.54) is 0 Å². The number of nitrogens with zero attached hydrogens (tertiary/aromatic N) is 2. The lowest BCUT2D eigenvalue weighted by atomic mass is 9.86. The average Bonchev–Trinajstić information content (AvgIpc) is 3.12. The Kier molecular flexibility index (Phi) is 6.61. The number of hydrogen-bond donors (Lipinski definition) is 2. The zero-order chi connectivity index (χ0) is 20.9. The minimum absolute atomic E-state index is 0.00788. The maximum absolute atomic E-state index is 12.7. The van der Waals surface area contributed by atoms with Gasteiger partial charge in [0.05, 0.1) is 12.8 Å². The zero-order valence-corrected chi connectivity index (χ0v) is 16.9. The number of rotatable bonds is 8. The van der Waals surface area contributed by atoms with Crippen LogP contribution in [0.4, 0.5) is 5.69 Å². The summed E-state index contributed by atoms with van der Waals surface area (Å²) in [5.74, 6) is -0.0669. The van der Waals surface area contributed by atoms with Crippen LogP contribution in [0.5, 0.6) is 5.75 Å². The number of aliphatic carboxylic acids is 1. The van der Waals surface area contributed by atoms with Crippen LogP contribution in [-0.4, -0.2) is 66.6 Å². The Labute approximate surface area is 170 Å². The molecule has 0 aliphatic carbocycles. The molecule has 1 aromatic carbocycles. The molecule has 2 aliphatic heterocycles. The summed E-state index contributed by atoms with van der Waals surface area (Å²) in [6.07, 6.45) is 2.14. The number of anilines is 1. The van der Waals surface area contributed by atoms with Crippen LogP contribution in [-0.2, 0) is 14.4 Å². The van der Waals surface area contributed by atoms with Crippen molar-refractivity contribution in [3.63, 3.8) is 0 Å². The summed E-state index contributed by atoms with van der Waals surface area (Å²) in [5.41, 5.74) is 0.466. The normalized spacial score (nSPS) is 21.8. The lowest BCUT2D eigenvalue weighted by molar-refractivity contribution is -0.137. The number of amides is 2. The van der Waals surface area contributed by atoms with Gasteiger partial charge in [-0.1, -0.05) is 12.1 Å². The van der Waals surface area contributed by atoms with E-state index in [1.807, 2.05) is 29.2 Å². The van der Waals surface area contributed by atoms with E-state index in [1.54, 1.807) is 7.11 Å². The summed E-state index contributed by atoms with van der Waals surface area (Å²) < 4.78 is 5.43. The molecule has 0 aromatic heterocycles. The number of carbonyl (C=O) groups excluding carboxylic acids is 2. The van der Waals surface area contributed by atoms with Crippen molar-refractivity contribution in [1.82, 2.24) is 10.2 Å². The molecule has 2 N–H and O–H groups in total. The first-order valence-corrected chi connectivity index (χ1v) is 10.1. The van der Waals surface area contributed by atoms with E-state index < -0.39 is 11.5 Å². The van der Waals surface area contributed by atoms with Gasteiger partial charge in [-0.25, -0.2) is 0 Å². The Balaban J connectivity index is 1.52. The molecule has 2 saturated heterocycles. The van der Waals surface area contributed by atoms with Gasteiger partial charge in [0.1, 0.15) is 5.75 Å². The fourth-order valence-electron chi connectivity index (χ4n) is 4.21. The van der Waals surface area contributed by atoms with Gasteiger partial charge in [-0.15, -0.1) is 0 Å². The molecule has 1 unspecified atom stereocenters. The number of nitrogens with one attached hydrogen (secondary N) is 1. The van der Waals surface area contributed by atoms with Gasteiger partial charge in [0.15, 0.2) is 0 Å². The molecular weight excluding hydrogens is 374 g/mol. The van der Waals surface area contributed by atoms with E-state index in [2.05, 4.69) is 10.2 Å². The van der Waals surface area contributed by atoms with Crippen LogP contribution in [0.2, 0.25) is 0 Å². The van der Waals surface area contributed by atoms with Crippen LogP contribution < -0.4 is 15.0 Å². The van der Waals surface area contributed by atoms with Gasteiger partial charge < -0.3 is 25.0 Å². The second-order valence-corrected chi connectivity index (χ2v) is 7.76. The lowest BCUT2D eigenvalue weighted by Crippen LogP contribution is -2.49. The van der Waals surface area contributed by atoms with Crippen molar-refractivity contribution < 1.29 is 24.2 Å². The van der Waals surface area contributed by atoms with Gasteiger partial charge in [-0.2, -0.15) is 0 Å². The fraction of sp³-hybridized carbons (Fsp3) is 0.571. The number of para-hydroxylation sites is 2. The van der Waals surface area contributed by atoms with Crippen LogP contribution >= 0.6 is 0 Å². The highest BCUT2D eigenvalue weighted by Crippen LogP contribution is 2.31. The van der Waals surface area contributed by atoms with Crippen molar-refractivity contribution in [2.45, 2.75) is 44.1 Å². The number of benzene rings is 1. The largest absolute Gasteiger partial charge is 0.495 e. The Morgan fingerprint density at radius 1 is 1.14 bits per heavy atom. The molecule has 2 aliphatic rings. The summed E-state index contributed by atoms with van der Waals surface area (Å²) in [6, 6.07) is 7.86. The van der Waals surface area contributed by atoms with E-state index in [0.717, 1.165) is 24.5 Å². The van der Waals surface area contributed by atoms with Crippen LogP contribution in [0, 0.1) is 0 Å². The second kappa shape index (κ2) is 9.15. The van der Waals surface area contributed by atoms with E-state index in [-0.39, 0.29) is 18.2 Å². The molecule has 0 saturated carbocycles. The number of carboxylic acids is 1. The fourth-order valence-corrected chi connectivity index (χ4v) is 4.21. The van der Waals surface area contributed by atoms with Gasteiger partial charge >= 0.3 is 5.97 Å². The van der Waals surface area contributed by atoms with Gasteiger partial charge in [0.2, 0.25) is 11.8 Å². The highest BCUT2D eigenvalue weighted by atomic mass is 16.5. The van der Waals surface area contributed by atoms with Gasteiger partial charge in [0.25, 0.3) is 0 Å². The molecule has 8 heteroatoms. The Hall–Kier alpha value is -2.77. The Morgan fingerprint density at radius 2 is 1.83 bits per heavy atom. The minimum atomic E-state index is -0.885. The predicted molar refractivity (Wildman–Crippen MR) is 108 cm³/mol. The maximum atomic E-state index is 12.7. The molecule has 0 spiro atoms. The molecule has 1 atom stereocenters. The van der Waals surface area contributed by atoms with Crippen molar-refractivity contribution in [3.8, 4) is 5.75 Å². The molecule has 0 bridgehead atoms. The van der Waals surface area contributed by atoms with Crippen LogP contribution in [0.25, 0.3) is 0 Å². The topological polar surface area (TPSA) is 99.2 Å². The van der Waals surface area contributed by atoms with Crippen molar-refractivity contribution in [2.75, 3.05) is 38.2 Å². The maximum Gasteiger partial charge on any atom is 0.303 e. The zero-order valence-electron chi connectivity index (χ0n) is 16.9. The smallest absolute Gasteiger partial charge is 0.303 e. The number of carboxylic acid groups (broad SMARTS) is 1. The van der Waals surface area contributed by atoms with E-state index in [9.17, 15) is 14.4 Å². The van der Waals surface area contributed by atoms with Gasteiger partial charge in [0, 0.05) is 51.0 Å². The molecular formula is C21H29N3O5. The van der Waals surface area contributed by atoms with E-state index >= 15 is 0 Å². The van der Waals surface area contributed by atoms with Crippen molar-refractivity contribution in [3.05, 3.63) is 24.3 Å². The van der Waals surface area contributed by atoms with Crippen LogP contribution in [0.3, 0.4) is 0 Å². The number of hydrogen-bond acceptors (Lipinski definition) is 5. The number of ether oxygens (including phenoxy) is 1. The quantitative estimate of drug-likeness (QED) is 0.685. The predicted octanol–water partition coefficient (Wildman–Crippen LogP) is 1.64. The first-order chi connectivity index (χ1) is 13.9. The summed E-state index contributed by atoms with van der Waals surface area (Å²) in [5, 5.41) is 11.9. The van der Waals surface area contributed by atoms with Crippen LogP contribution in [0.1, 0.15) is 38.5 Å². The monoisotopic (exact) mass is 403 g/mol. The van der Waals surface area contributed by atoms with Gasteiger partial charge in [-0.05, 0) is 31.4 Å². The molecule has 8 nitrogen and oxygen atoms in total. The lowest BCUT2D eigenvalue weighted by Gasteiger charge is -2.37. The second-order valence-electron chi connectivity index (χ2n) is 7.76. The molecule has 2 amide bonds. The highest BCUT2D eigenvalue weighted by Gasteiger charge is 2.38. The summed E-state index contributed by atoms with van der Waals surface area (Å²) in [7, 11) is 1.65. The third-order valence-electron chi connectivity index (χ3n) is 5.93.